The van der Waals surface area contributed by atoms with Gasteiger partial charge in [0.05, 0.1) is 6.04 Å². The molecule has 0 spiro atoms. The minimum atomic E-state index is -0.497. The van der Waals surface area contributed by atoms with E-state index in [-0.39, 0.29) is 10.8 Å². The standard InChI is InChI=1S/C13H10ClF2N/c14-12-7-10(16)5-6-11(12)13(17)8-1-3-9(15)4-2-8/h1-7,13H,17H2. The highest BCUT2D eigenvalue weighted by atomic mass is 35.5. The van der Waals surface area contributed by atoms with Crippen LogP contribution in [0.4, 0.5) is 8.78 Å². The van der Waals surface area contributed by atoms with Gasteiger partial charge in [0, 0.05) is 5.02 Å². The monoisotopic (exact) mass is 253 g/mol. The van der Waals surface area contributed by atoms with Crippen molar-refractivity contribution < 1.29 is 8.78 Å². The van der Waals surface area contributed by atoms with E-state index >= 15 is 0 Å². The van der Waals surface area contributed by atoms with Crippen LogP contribution in [0.25, 0.3) is 0 Å². The molecule has 2 N–H and O–H groups in total. The molecule has 2 aromatic rings. The quantitative estimate of drug-likeness (QED) is 0.868. The zero-order valence-electron chi connectivity index (χ0n) is 8.83. The fourth-order valence-corrected chi connectivity index (χ4v) is 1.89. The SMILES string of the molecule is NC(c1ccc(F)cc1)c1ccc(F)cc1Cl. The highest BCUT2D eigenvalue weighted by Gasteiger charge is 2.12. The van der Waals surface area contributed by atoms with Crippen molar-refractivity contribution in [3.8, 4) is 0 Å². The van der Waals surface area contributed by atoms with Gasteiger partial charge in [0.15, 0.2) is 0 Å². The third kappa shape index (κ3) is 2.62. The third-order valence-corrected chi connectivity index (χ3v) is 2.85. The lowest BCUT2D eigenvalue weighted by Crippen LogP contribution is -2.12. The summed E-state index contributed by atoms with van der Waals surface area (Å²) < 4.78 is 25.7. The zero-order chi connectivity index (χ0) is 12.4. The predicted molar refractivity (Wildman–Crippen MR) is 63.8 cm³/mol. The molecule has 1 atom stereocenters. The summed E-state index contributed by atoms with van der Waals surface area (Å²) in [5.74, 6) is -0.740. The lowest BCUT2D eigenvalue weighted by Gasteiger charge is -2.14. The Morgan fingerprint density at radius 3 is 2.12 bits per heavy atom. The molecule has 4 heteroatoms. The molecule has 17 heavy (non-hydrogen) atoms. The van der Waals surface area contributed by atoms with Gasteiger partial charge in [-0.15, -0.1) is 0 Å². The Morgan fingerprint density at radius 2 is 1.53 bits per heavy atom. The Labute approximate surface area is 103 Å². The lowest BCUT2D eigenvalue weighted by molar-refractivity contribution is 0.625. The van der Waals surface area contributed by atoms with E-state index < -0.39 is 11.9 Å². The summed E-state index contributed by atoms with van der Waals surface area (Å²) in [6.07, 6.45) is 0. The van der Waals surface area contributed by atoms with Crippen molar-refractivity contribution in [3.63, 3.8) is 0 Å². The number of hydrogen-bond acceptors (Lipinski definition) is 1. The van der Waals surface area contributed by atoms with Crippen molar-refractivity contribution in [2.24, 2.45) is 5.73 Å². The molecule has 0 aliphatic heterocycles. The molecule has 0 fully saturated rings. The Hall–Kier alpha value is -1.45. The van der Waals surface area contributed by atoms with Crippen molar-refractivity contribution in [1.29, 1.82) is 0 Å². The van der Waals surface area contributed by atoms with Gasteiger partial charge >= 0.3 is 0 Å². The van der Waals surface area contributed by atoms with Crippen molar-refractivity contribution in [3.05, 3.63) is 70.2 Å². The highest BCUT2D eigenvalue weighted by Crippen LogP contribution is 2.27. The maximum atomic E-state index is 12.9. The molecule has 0 radical (unpaired) electrons. The smallest absolute Gasteiger partial charge is 0.124 e. The van der Waals surface area contributed by atoms with Crippen molar-refractivity contribution >= 4 is 11.6 Å². The van der Waals surface area contributed by atoms with Gasteiger partial charge < -0.3 is 5.73 Å². The first-order valence-electron chi connectivity index (χ1n) is 5.04. The molecular weight excluding hydrogens is 244 g/mol. The third-order valence-electron chi connectivity index (χ3n) is 2.53. The fourth-order valence-electron chi connectivity index (χ4n) is 1.60. The van der Waals surface area contributed by atoms with Gasteiger partial charge in [0.2, 0.25) is 0 Å². The van der Waals surface area contributed by atoms with Gasteiger partial charge in [-0.1, -0.05) is 29.8 Å². The molecule has 0 aromatic heterocycles. The minimum absolute atomic E-state index is 0.266. The maximum Gasteiger partial charge on any atom is 0.124 e. The van der Waals surface area contributed by atoms with Crippen molar-refractivity contribution in [1.82, 2.24) is 0 Å². The lowest BCUT2D eigenvalue weighted by atomic mass is 9.99. The average Bonchev–Trinajstić information content (AvgIpc) is 2.29. The van der Waals surface area contributed by atoms with Gasteiger partial charge in [0.1, 0.15) is 11.6 Å². The summed E-state index contributed by atoms with van der Waals surface area (Å²) >= 11 is 5.91. The van der Waals surface area contributed by atoms with E-state index in [1.807, 2.05) is 0 Å². The number of halogens is 3. The molecule has 1 nitrogen and oxygen atoms in total. The number of rotatable bonds is 2. The van der Waals surface area contributed by atoms with Crippen LogP contribution in [0, 0.1) is 11.6 Å². The summed E-state index contributed by atoms with van der Waals surface area (Å²) in [4.78, 5) is 0. The number of benzene rings is 2. The van der Waals surface area contributed by atoms with E-state index in [1.54, 1.807) is 12.1 Å². The van der Waals surface area contributed by atoms with Crippen LogP contribution < -0.4 is 5.73 Å². The van der Waals surface area contributed by atoms with E-state index in [0.717, 1.165) is 5.56 Å². The van der Waals surface area contributed by atoms with Crippen LogP contribution in [-0.4, -0.2) is 0 Å². The first kappa shape index (κ1) is 12.0. The van der Waals surface area contributed by atoms with Gasteiger partial charge in [-0.25, -0.2) is 8.78 Å². The van der Waals surface area contributed by atoms with Crippen LogP contribution in [0.2, 0.25) is 5.02 Å². The van der Waals surface area contributed by atoms with Gasteiger partial charge in [0.25, 0.3) is 0 Å². The van der Waals surface area contributed by atoms with Crippen LogP contribution >= 0.6 is 11.6 Å². The molecule has 0 bridgehead atoms. The summed E-state index contributed by atoms with van der Waals surface area (Å²) in [5, 5.41) is 0.266. The summed E-state index contributed by atoms with van der Waals surface area (Å²) in [6, 6.07) is 9.36. The Balaban J connectivity index is 2.36. The molecule has 0 heterocycles. The van der Waals surface area contributed by atoms with Crippen LogP contribution in [0.1, 0.15) is 17.2 Å². The first-order chi connectivity index (χ1) is 8.08. The van der Waals surface area contributed by atoms with Crippen molar-refractivity contribution in [2.45, 2.75) is 6.04 Å². The van der Waals surface area contributed by atoms with Crippen molar-refractivity contribution in [2.75, 3.05) is 0 Å². The second kappa shape index (κ2) is 4.82. The Bertz CT molecular complexity index is 525. The molecule has 0 saturated carbocycles. The normalized spacial score (nSPS) is 12.5. The average molecular weight is 254 g/mol. The molecule has 2 rings (SSSR count). The minimum Gasteiger partial charge on any atom is -0.320 e. The summed E-state index contributed by atoms with van der Waals surface area (Å²) in [5.41, 5.74) is 7.32. The number of nitrogens with two attached hydrogens (primary N) is 1. The van der Waals surface area contributed by atoms with E-state index in [4.69, 9.17) is 17.3 Å². The molecule has 0 aliphatic rings. The van der Waals surface area contributed by atoms with Crippen LogP contribution in [0.15, 0.2) is 42.5 Å². The maximum absolute atomic E-state index is 12.9. The molecular formula is C13H10ClF2N. The van der Waals surface area contributed by atoms with E-state index in [2.05, 4.69) is 0 Å². The van der Waals surface area contributed by atoms with E-state index in [0.29, 0.717) is 5.56 Å². The Kier molecular flexibility index (Phi) is 3.41. The van der Waals surface area contributed by atoms with Crippen LogP contribution in [-0.2, 0) is 0 Å². The molecule has 2 aromatic carbocycles. The fraction of sp³-hybridized carbons (Fsp3) is 0.0769. The molecule has 0 amide bonds. The number of hydrogen-bond donors (Lipinski definition) is 1. The second-order valence-corrected chi connectivity index (χ2v) is 4.10. The Morgan fingerprint density at radius 1 is 0.941 bits per heavy atom. The van der Waals surface area contributed by atoms with E-state index in [9.17, 15) is 8.78 Å². The summed E-state index contributed by atoms with van der Waals surface area (Å²) in [7, 11) is 0. The highest BCUT2D eigenvalue weighted by molar-refractivity contribution is 6.31. The second-order valence-electron chi connectivity index (χ2n) is 3.70. The summed E-state index contributed by atoms with van der Waals surface area (Å²) in [6.45, 7) is 0. The van der Waals surface area contributed by atoms with Gasteiger partial charge in [-0.05, 0) is 35.4 Å². The van der Waals surface area contributed by atoms with E-state index in [1.165, 1.54) is 30.3 Å². The topological polar surface area (TPSA) is 26.0 Å². The van der Waals surface area contributed by atoms with Crippen LogP contribution in [0.5, 0.6) is 0 Å². The largest absolute Gasteiger partial charge is 0.320 e. The molecule has 0 saturated heterocycles. The first-order valence-corrected chi connectivity index (χ1v) is 5.41. The van der Waals surface area contributed by atoms with Gasteiger partial charge in [-0.2, -0.15) is 0 Å². The van der Waals surface area contributed by atoms with Gasteiger partial charge in [-0.3, -0.25) is 0 Å². The van der Waals surface area contributed by atoms with Crippen LogP contribution in [0.3, 0.4) is 0 Å². The molecule has 0 aliphatic carbocycles. The molecule has 1 unspecified atom stereocenters. The molecule has 88 valence electrons. The zero-order valence-corrected chi connectivity index (χ0v) is 9.59. The predicted octanol–water partition coefficient (Wildman–Crippen LogP) is 3.67.